The highest BCUT2D eigenvalue weighted by Crippen LogP contribution is 2.26. The third kappa shape index (κ3) is 9.40. The third-order valence-corrected chi connectivity index (χ3v) is 8.14. The van der Waals surface area contributed by atoms with Crippen molar-refractivity contribution in [2.24, 2.45) is 0 Å². The van der Waals surface area contributed by atoms with Gasteiger partial charge in [0, 0.05) is 44.2 Å². The molecule has 13 nitrogen and oxygen atoms in total. The fourth-order valence-corrected chi connectivity index (χ4v) is 5.33. The first kappa shape index (κ1) is 33.5. The van der Waals surface area contributed by atoms with E-state index in [1.54, 1.807) is 45.0 Å². The van der Waals surface area contributed by atoms with Crippen LogP contribution in [0.25, 0.3) is 0 Å². The lowest BCUT2D eigenvalue weighted by Crippen LogP contribution is -2.50. The quantitative estimate of drug-likeness (QED) is 0.269. The molecule has 0 saturated heterocycles. The number of hydrogen-bond donors (Lipinski definition) is 2. The van der Waals surface area contributed by atoms with E-state index < -0.39 is 67.7 Å². The minimum atomic E-state index is -4.64. The molecule has 0 aliphatic rings. The standard InChI is InChI=1S/C26H33ClN4O9S/c1-26(2,3)40-25(35)29(4)19(14-17-10-12-18(27)13-11-17)15-23(32)28-16-21(24(33)34)30(5)41(38,39)22-9-7-6-8-20(22)31(36)37/h6-13,19,21H,14-16H2,1-5H3,(H,28,32)(H,33,34)/t19-,21?/m0/s1. The van der Waals surface area contributed by atoms with Crippen molar-refractivity contribution in [1.82, 2.24) is 14.5 Å². The number of rotatable bonds is 12. The van der Waals surface area contributed by atoms with Crippen LogP contribution in [0.2, 0.25) is 5.02 Å². The molecule has 0 aliphatic heterocycles. The molecular formula is C26H33ClN4O9S. The van der Waals surface area contributed by atoms with Gasteiger partial charge >= 0.3 is 12.1 Å². The summed E-state index contributed by atoms with van der Waals surface area (Å²) < 4.78 is 32.1. The fourth-order valence-electron chi connectivity index (χ4n) is 3.74. The topological polar surface area (TPSA) is 176 Å². The van der Waals surface area contributed by atoms with Crippen LogP contribution in [0.4, 0.5) is 10.5 Å². The van der Waals surface area contributed by atoms with Crippen molar-refractivity contribution in [1.29, 1.82) is 0 Å². The largest absolute Gasteiger partial charge is 0.480 e. The van der Waals surface area contributed by atoms with Crippen LogP contribution in [0, 0.1) is 10.1 Å². The maximum atomic E-state index is 13.1. The molecule has 224 valence electrons. The Kier molecular flexibility index (Phi) is 11.2. The average molecular weight is 613 g/mol. The van der Waals surface area contributed by atoms with Gasteiger partial charge in [0.2, 0.25) is 5.91 Å². The molecule has 0 aromatic heterocycles. The Labute approximate surface area is 243 Å². The number of carbonyl (C=O) groups excluding carboxylic acids is 2. The number of amides is 2. The van der Waals surface area contributed by atoms with Gasteiger partial charge in [-0.3, -0.25) is 19.7 Å². The summed E-state index contributed by atoms with van der Waals surface area (Å²) in [6.07, 6.45) is -0.720. The highest BCUT2D eigenvalue weighted by Gasteiger charge is 2.37. The number of benzene rings is 2. The molecule has 15 heteroatoms. The summed E-state index contributed by atoms with van der Waals surface area (Å²) in [5.41, 5.74) is -0.749. The van der Waals surface area contributed by atoms with E-state index in [0.717, 1.165) is 24.7 Å². The van der Waals surface area contributed by atoms with Crippen LogP contribution in [-0.4, -0.2) is 83.9 Å². The lowest BCUT2D eigenvalue weighted by atomic mass is 10.0. The van der Waals surface area contributed by atoms with Crippen molar-refractivity contribution >= 4 is 45.3 Å². The molecule has 0 heterocycles. The van der Waals surface area contributed by atoms with Crippen molar-refractivity contribution in [2.45, 2.75) is 56.2 Å². The van der Waals surface area contributed by atoms with E-state index >= 15 is 0 Å². The zero-order valence-corrected chi connectivity index (χ0v) is 24.8. The first-order valence-electron chi connectivity index (χ1n) is 12.3. The molecule has 2 N–H and O–H groups in total. The van der Waals surface area contributed by atoms with Gasteiger partial charge in [0.25, 0.3) is 15.7 Å². The average Bonchev–Trinajstić information content (AvgIpc) is 2.87. The number of hydrogen-bond acceptors (Lipinski definition) is 8. The van der Waals surface area contributed by atoms with E-state index in [0.29, 0.717) is 9.33 Å². The highest BCUT2D eigenvalue weighted by atomic mass is 35.5. The van der Waals surface area contributed by atoms with Crippen molar-refractivity contribution in [2.75, 3.05) is 20.6 Å². The van der Waals surface area contributed by atoms with E-state index in [2.05, 4.69) is 5.32 Å². The summed E-state index contributed by atoms with van der Waals surface area (Å²) >= 11 is 5.96. The zero-order chi connectivity index (χ0) is 31.1. The van der Waals surface area contributed by atoms with E-state index in [1.165, 1.54) is 24.1 Å². The Morgan fingerprint density at radius 2 is 1.68 bits per heavy atom. The second-order valence-corrected chi connectivity index (χ2v) is 12.6. The number of likely N-dealkylation sites (N-methyl/N-ethyl adjacent to an activating group) is 2. The maximum absolute atomic E-state index is 13.1. The monoisotopic (exact) mass is 612 g/mol. The highest BCUT2D eigenvalue weighted by molar-refractivity contribution is 7.89. The van der Waals surface area contributed by atoms with Crippen molar-refractivity contribution < 1.29 is 37.6 Å². The minimum absolute atomic E-state index is 0.231. The third-order valence-electron chi connectivity index (χ3n) is 5.97. The molecule has 41 heavy (non-hydrogen) atoms. The number of nitro groups is 1. The van der Waals surface area contributed by atoms with Crippen LogP contribution >= 0.6 is 11.6 Å². The summed E-state index contributed by atoms with van der Waals surface area (Å²) in [6, 6.07) is 8.81. The van der Waals surface area contributed by atoms with Gasteiger partial charge in [-0.1, -0.05) is 35.9 Å². The number of nitro benzene ring substituents is 1. The molecule has 0 spiro atoms. The second kappa shape index (κ2) is 13.7. The number of nitrogens with zero attached hydrogens (tertiary/aromatic N) is 3. The summed E-state index contributed by atoms with van der Waals surface area (Å²) in [4.78, 5) is 48.7. The number of para-hydroxylation sites is 1. The van der Waals surface area contributed by atoms with Gasteiger partial charge in [-0.05, 0) is 51.0 Å². The predicted octanol–water partition coefficient (Wildman–Crippen LogP) is 3.31. The number of ether oxygens (including phenoxy) is 1. The molecule has 0 radical (unpaired) electrons. The molecule has 0 bridgehead atoms. The molecule has 2 aromatic rings. The van der Waals surface area contributed by atoms with Crippen molar-refractivity contribution in [3.05, 3.63) is 69.2 Å². The fraction of sp³-hybridized carbons (Fsp3) is 0.423. The summed E-state index contributed by atoms with van der Waals surface area (Å²) in [7, 11) is -2.21. The van der Waals surface area contributed by atoms with Crippen LogP contribution in [-0.2, 0) is 30.8 Å². The summed E-state index contributed by atoms with van der Waals surface area (Å²) in [6.45, 7) is 4.44. The minimum Gasteiger partial charge on any atom is -0.480 e. The number of halogens is 1. The lowest BCUT2D eigenvalue weighted by molar-refractivity contribution is -0.387. The van der Waals surface area contributed by atoms with Gasteiger partial charge < -0.3 is 20.1 Å². The number of nitrogens with one attached hydrogen (secondary N) is 1. The Bertz CT molecular complexity index is 1380. The Balaban J connectivity index is 2.23. The molecule has 2 amide bonds. The van der Waals surface area contributed by atoms with Crippen molar-refractivity contribution in [3.8, 4) is 0 Å². The van der Waals surface area contributed by atoms with Gasteiger partial charge in [-0.25, -0.2) is 13.2 Å². The lowest BCUT2D eigenvalue weighted by Gasteiger charge is -2.31. The van der Waals surface area contributed by atoms with Crippen LogP contribution in [0.15, 0.2) is 53.4 Å². The van der Waals surface area contributed by atoms with E-state index in [9.17, 15) is 38.0 Å². The smallest absolute Gasteiger partial charge is 0.410 e. The van der Waals surface area contributed by atoms with Gasteiger partial charge in [-0.15, -0.1) is 0 Å². The number of sulfonamides is 1. The van der Waals surface area contributed by atoms with Crippen LogP contribution in [0.3, 0.4) is 0 Å². The van der Waals surface area contributed by atoms with Gasteiger partial charge in [0.15, 0.2) is 4.90 Å². The second-order valence-electron chi connectivity index (χ2n) is 10.2. The number of carboxylic acids is 1. The molecule has 2 rings (SSSR count). The molecular weight excluding hydrogens is 580 g/mol. The summed E-state index contributed by atoms with van der Waals surface area (Å²) in [5, 5.41) is 24.0. The van der Waals surface area contributed by atoms with E-state index in [1.807, 2.05) is 0 Å². The number of aliphatic carboxylic acids is 1. The zero-order valence-electron chi connectivity index (χ0n) is 23.2. The predicted molar refractivity (Wildman–Crippen MR) is 150 cm³/mol. The first-order chi connectivity index (χ1) is 18.9. The van der Waals surface area contributed by atoms with Crippen LogP contribution in [0.5, 0.6) is 0 Å². The van der Waals surface area contributed by atoms with Gasteiger partial charge in [-0.2, -0.15) is 4.31 Å². The van der Waals surface area contributed by atoms with Crippen LogP contribution < -0.4 is 5.32 Å². The number of carboxylic acid groups (broad SMARTS) is 1. The Morgan fingerprint density at radius 3 is 2.22 bits per heavy atom. The van der Waals surface area contributed by atoms with Crippen molar-refractivity contribution in [3.63, 3.8) is 0 Å². The molecule has 1 unspecified atom stereocenters. The maximum Gasteiger partial charge on any atom is 0.410 e. The summed E-state index contributed by atoms with van der Waals surface area (Å²) in [5.74, 6) is -2.25. The van der Waals surface area contributed by atoms with E-state index in [-0.39, 0.29) is 12.8 Å². The molecule has 0 aliphatic carbocycles. The van der Waals surface area contributed by atoms with Gasteiger partial charge in [0.1, 0.15) is 11.6 Å². The normalized spacial score (nSPS) is 13.2. The molecule has 0 fully saturated rings. The van der Waals surface area contributed by atoms with E-state index in [4.69, 9.17) is 16.3 Å². The van der Waals surface area contributed by atoms with Gasteiger partial charge in [0.05, 0.1) is 4.92 Å². The van der Waals surface area contributed by atoms with Crippen LogP contribution in [0.1, 0.15) is 32.8 Å². The molecule has 0 saturated carbocycles. The number of carbonyl (C=O) groups is 3. The first-order valence-corrected chi connectivity index (χ1v) is 14.2. The SMILES string of the molecule is CN(C(=O)OC(C)(C)C)[C@H](CC(=O)NCC(C(=O)O)N(C)S(=O)(=O)c1ccccc1[N+](=O)[O-])Cc1ccc(Cl)cc1. The molecule has 2 atom stereocenters. The molecule has 2 aromatic carbocycles. The Morgan fingerprint density at radius 1 is 1.10 bits per heavy atom. The Hall–Kier alpha value is -3.75.